The molecule has 0 saturated carbocycles. The van der Waals surface area contributed by atoms with Crippen LogP contribution >= 0.6 is 0 Å². The number of carbonyl (C=O) groups is 7. The molecule has 0 radical (unpaired) electrons. The van der Waals surface area contributed by atoms with E-state index in [0.29, 0.717) is 11.1 Å². The normalized spacial score (nSPS) is 21.4. The van der Waals surface area contributed by atoms with E-state index in [-0.39, 0.29) is 24.3 Å². The fourth-order valence-corrected chi connectivity index (χ4v) is 8.01. The second-order valence-corrected chi connectivity index (χ2v) is 14.7. The molecule has 0 aromatic heterocycles. The number of nitrogens with zero attached hydrogens (tertiary/aromatic N) is 1. The topological polar surface area (TPSA) is 195 Å². The SMILES string of the molecule is CC(=O)OC1C(C)C(C(=O)O)N2C(=O)C(NC(=O)C(C(=O)OCc3ccccc3)c3ccccc3)(NC(=O)C(C(=O)OCc3ccc4ccccc4c3)c3ccccc3)[C@@H]12. The highest BCUT2D eigenvalue weighted by molar-refractivity contribution is 6.11. The van der Waals surface area contributed by atoms with Crippen LogP contribution in [-0.2, 0) is 61.0 Å². The predicted molar refractivity (Wildman–Crippen MR) is 214 cm³/mol. The molecule has 0 aliphatic carbocycles. The van der Waals surface area contributed by atoms with E-state index < -0.39 is 83.2 Å². The molecule has 2 aliphatic rings. The molecule has 0 bridgehead atoms. The molecule has 2 heterocycles. The molecular weight excluding hydrogens is 771 g/mol. The van der Waals surface area contributed by atoms with Crippen LogP contribution in [0.3, 0.4) is 0 Å². The highest BCUT2D eigenvalue weighted by Gasteiger charge is 2.75. The van der Waals surface area contributed by atoms with Crippen molar-refractivity contribution in [2.24, 2.45) is 5.92 Å². The van der Waals surface area contributed by atoms with Crippen LogP contribution in [0.1, 0.15) is 47.9 Å². The molecule has 7 rings (SSSR count). The Labute approximate surface area is 344 Å². The number of fused-ring (bicyclic) bond motifs is 2. The van der Waals surface area contributed by atoms with Gasteiger partial charge in [0.2, 0.25) is 17.5 Å². The van der Waals surface area contributed by atoms with Crippen LogP contribution in [0.4, 0.5) is 0 Å². The lowest BCUT2D eigenvalue weighted by molar-refractivity contribution is -0.182. The van der Waals surface area contributed by atoms with Gasteiger partial charge in [0.15, 0.2) is 11.8 Å². The number of hydrogen-bond acceptors (Lipinski definition) is 10. The van der Waals surface area contributed by atoms with Gasteiger partial charge in [0.25, 0.3) is 5.91 Å². The molecule has 5 aromatic carbocycles. The van der Waals surface area contributed by atoms with Crippen molar-refractivity contribution in [1.82, 2.24) is 15.5 Å². The highest BCUT2D eigenvalue weighted by Crippen LogP contribution is 2.46. The number of esters is 3. The molecular formula is C46H41N3O11. The average Bonchev–Trinajstić information content (AvgIpc) is 3.51. The largest absolute Gasteiger partial charge is 0.480 e. The molecule has 6 unspecified atom stereocenters. The summed E-state index contributed by atoms with van der Waals surface area (Å²) in [5.41, 5.74) is -0.911. The van der Waals surface area contributed by atoms with Crippen LogP contribution in [0.25, 0.3) is 10.8 Å². The van der Waals surface area contributed by atoms with Gasteiger partial charge < -0.3 is 34.9 Å². The Balaban J connectivity index is 1.25. The maximum Gasteiger partial charge on any atom is 0.326 e. The maximum atomic E-state index is 14.7. The van der Waals surface area contributed by atoms with E-state index in [2.05, 4.69) is 10.6 Å². The van der Waals surface area contributed by atoms with E-state index in [1.807, 2.05) is 36.4 Å². The molecule has 2 fully saturated rings. The number of nitrogens with one attached hydrogen (secondary N) is 2. The van der Waals surface area contributed by atoms with E-state index >= 15 is 0 Å². The Morgan fingerprint density at radius 2 is 1.15 bits per heavy atom. The van der Waals surface area contributed by atoms with Crippen LogP contribution in [-0.4, -0.2) is 75.5 Å². The van der Waals surface area contributed by atoms with Crippen molar-refractivity contribution in [3.8, 4) is 0 Å². The van der Waals surface area contributed by atoms with Gasteiger partial charge in [0.05, 0.1) is 0 Å². The number of amides is 3. The Hall–Kier alpha value is -7.35. The number of benzene rings is 5. The Morgan fingerprint density at radius 1 is 0.667 bits per heavy atom. The van der Waals surface area contributed by atoms with Gasteiger partial charge in [-0.3, -0.25) is 28.8 Å². The van der Waals surface area contributed by atoms with Gasteiger partial charge in [-0.15, -0.1) is 0 Å². The zero-order valence-electron chi connectivity index (χ0n) is 32.6. The molecule has 0 spiro atoms. The number of β-lactam (4-membered cyclic amide) rings is 1. The summed E-state index contributed by atoms with van der Waals surface area (Å²) in [5, 5.41) is 17.3. The lowest BCUT2D eigenvalue weighted by Gasteiger charge is -2.54. The fourth-order valence-electron chi connectivity index (χ4n) is 8.01. The first kappa shape index (κ1) is 40.8. The van der Waals surface area contributed by atoms with Crippen molar-refractivity contribution in [1.29, 1.82) is 0 Å². The summed E-state index contributed by atoms with van der Waals surface area (Å²) < 4.78 is 16.9. The van der Waals surface area contributed by atoms with Gasteiger partial charge in [-0.25, -0.2) is 4.79 Å². The van der Waals surface area contributed by atoms with Gasteiger partial charge in [-0.1, -0.05) is 134 Å². The van der Waals surface area contributed by atoms with Gasteiger partial charge >= 0.3 is 23.9 Å². The minimum atomic E-state index is -2.54. The molecule has 3 amide bonds. The Bertz CT molecular complexity index is 2450. The third-order valence-corrected chi connectivity index (χ3v) is 10.8. The highest BCUT2D eigenvalue weighted by atomic mass is 16.5. The average molecular weight is 812 g/mol. The summed E-state index contributed by atoms with van der Waals surface area (Å²) in [4.78, 5) is 97.8. The lowest BCUT2D eigenvalue weighted by atomic mass is 9.82. The number of carboxylic acid groups (broad SMARTS) is 1. The van der Waals surface area contributed by atoms with E-state index in [1.54, 1.807) is 72.8 Å². The number of carboxylic acids is 1. The van der Waals surface area contributed by atoms with Crippen molar-refractivity contribution in [3.63, 3.8) is 0 Å². The molecule has 7 atom stereocenters. The van der Waals surface area contributed by atoms with Crippen LogP contribution in [0, 0.1) is 5.92 Å². The summed E-state index contributed by atoms with van der Waals surface area (Å²) in [5.74, 6) is -12.0. The van der Waals surface area contributed by atoms with E-state index in [0.717, 1.165) is 22.6 Å². The zero-order chi connectivity index (χ0) is 42.6. The summed E-state index contributed by atoms with van der Waals surface area (Å²) in [7, 11) is 0. The number of carbonyl (C=O) groups excluding carboxylic acids is 6. The Morgan fingerprint density at radius 3 is 1.67 bits per heavy atom. The van der Waals surface area contributed by atoms with Gasteiger partial charge in [0, 0.05) is 12.8 Å². The van der Waals surface area contributed by atoms with Gasteiger partial charge in [0.1, 0.15) is 31.4 Å². The van der Waals surface area contributed by atoms with Gasteiger partial charge in [-0.2, -0.15) is 0 Å². The molecule has 14 heteroatoms. The van der Waals surface area contributed by atoms with Crippen LogP contribution < -0.4 is 10.6 Å². The van der Waals surface area contributed by atoms with Crippen molar-refractivity contribution in [2.75, 3.05) is 0 Å². The number of aliphatic carboxylic acids is 1. The van der Waals surface area contributed by atoms with Crippen molar-refractivity contribution in [3.05, 3.63) is 156 Å². The fraction of sp³-hybridized carbons (Fsp3) is 0.239. The second-order valence-electron chi connectivity index (χ2n) is 14.7. The predicted octanol–water partition coefficient (Wildman–Crippen LogP) is 4.37. The van der Waals surface area contributed by atoms with E-state index in [9.17, 15) is 38.7 Å². The van der Waals surface area contributed by atoms with E-state index in [1.165, 1.54) is 31.2 Å². The number of hydrogen-bond donors (Lipinski definition) is 3. The van der Waals surface area contributed by atoms with E-state index in [4.69, 9.17) is 14.2 Å². The molecule has 5 aromatic rings. The Kier molecular flexibility index (Phi) is 11.7. The summed E-state index contributed by atoms with van der Waals surface area (Å²) >= 11 is 0. The quantitative estimate of drug-likeness (QED) is 0.0474. The smallest absolute Gasteiger partial charge is 0.326 e. The third-order valence-electron chi connectivity index (χ3n) is 10.8. The first-order valence-electron chi connectivity index (χ1n) is 19.2. The molecule has 2 saturated heterocycles. The first-order chi connectivity index (χ1) is 28.9. The van der Waals surface area contributed by atoms with Crippen LogP contribution in [0.15, 0.2) is 133 Å². The van der Waals surface area contributed by atoms with Gasteiger partial charge in [-0.05, 0) is 39.1 Å². The molecule has 2 aliphatic heterocycles. The summed E-state index contributed by atoms with van der Waals surface area (Å²) in [6.45, 7) is 2.14. The molecule has 14 nitrogen and oxygen atoms in total. The zero-order valence-corrected chi connectivity index (χ0v) is 32.6. The summed E-state index contributed by atoms with van der Waals surface area (Å²) in [6.07, 6.45) is -1.38. The van der Waals surface area contributed by atoms with Crippen molar-refractivity contribution >= 4 is 52.4 Å². The third kappa shape index (κ3) is 8.04. The standard InChI is InChI=1S/C46H41N3O11/c1-27-37(42(53)54)49-39(38(27)60-28(2)50)46(45(49)57,47-40(51)35(32-17-8-4-9-18-32)43(55)58-25-29-14-6-3-7-15-29)48-41(52)36(33-19-10-5-11-20-33)44(56)59-26-30-22-23-31-16-12-13-21-34(31)24-30/h3-24,27,35-39H,25-26H2,1-2H3,(H,47,51)(H,48,52)(H,53,54)/t27?,35?,36?,37?,38?,39-,46?/m1/s1. The monoisotopic (exact) mass is 811 g/mol. The summed E-state index contributed by atoms with van der Waals surface area (Å²) in [6, 6.07) is 34.5. The second kappa shape index (κ2) is 17.2. The van der Waals surface area contributed by atoms with Crippen LogP contribution in [0.2, 0.25) is 0 Å². The molecule has 60 heavy (non-hydrogen) atoms. The van der Waals surface area contributed by atoms with Crippen molar-refractivity contribution < 1.29 is 52.9 Å². The number of rotatable bonds is 14. The molecule has 3 N–H and O–H groups in total. The van der Waals surface area contributed by atoms with Crippen molar-refractivity contribution in [2.45, 2.75) is 62.7 Å². The van der Waals surface area contributed by atoms with Crippen LogP contribution in [0.5, 0.6) is 0 Å². The minimum Gasteiger partial charge on any atom is -0.480 e. The molecule has 306 valence electrons. The lowest BCUT2D eigenvalue weighted by Crippen LogP contribution is -2.88. The minimum absolute atomic E-state index is 0.176. The first-order valence-corrected chi connectivity index (χ1v) is 19.2. The maximum absolute atomic E-state index is 14.7. The number of ether oxygens (including phenoxy) is 3.